The summed E-state index contributed by atoms with van der Waals surface area (Å²) in [6.45, 7) is 1.72. The van der Waals surface area contributed by atoms with E-state index in [9.17, 15) is 13.6 Å². The maximum absolute atomic E-state index is 13.0. The summed E-state index contributed by atoms with van der Waals surface area (Å²) >= 11 is 0. The number of hydrogen-bond donors (Lipinski definition) is 0. The molecule has 28 heavy (non-hydrogen) atoms. The fourth-order valence-electron chi connectivity index (χ4n) is 2.43. The van der Waals surface area contributed by atoms with Crippen molar-refractivity contribution in [2.75, 3.05) is 0 Å². The first-order valence-corrected chi connectivity index (χ1v) is 8.56. The Morgan fingerprint density at radius 3 is 1.50 bits per heavy atom. The lowest BCUT2D eigenvalue weighted by molar-refractivity contribution is -0.131. The second-order valence-corrected chi connectivity index (χ2v) is 6.06. The SMILES string of the molecule is CC(=O)Oc1cc(OCc2ccc(F)cc2)cc(OCc2ccc(F)cc2)c1. The third-order valence-corrected chi connectivity index (χ3v) is 3.75. The summed E-state index contributed by atoms with van der Waals surface area (Å²) in [5, 5.41) is 0. The average Bonchev–Trinajstić information content (AvgIpc) is 2.66. The van der Waals surface area contributed by atoms with Gasteiger partial charge in [-0.25, -0.2) is 8.78 Å². The molecule has 0 heterocycles. The minimum absolute atomic E-state index is 0.210. The van der Waals surface area contributed by atoms with Gasteiger partial charge in [-0.3, -0.25) is 4.79 Å². The molecule has 3 rings (SSSR count). The van der Waals surface area contributed by atoms with Crippen LogP contribution in [0.1, 0.15) is 18.1 Å². The highest BCUT2D eigenvalue weighted by atomic mass is 19.1. The van der Waals surface area contributed by atoms with Gasteiger partial charge in [0.1, 0.15) is 42.1 Å². The molecule has 0 saturated heterocycles. The quantitative estimate of drug-likeness (QED) is 0.422. The molecular weight excluding hydrogens is 366 g/mol. The summed E-state index contributed by atoms with van der Waals surface area (Å²) in [5.41, 5.74) is 1.57. The van der Waals surface area contributed by atoms with Gasteiger partial charge in [-0.1, -0.05) is 24.3 Å². The zero-order chi connectivity index (χ0) is 19.9. The zero-order valence-electron chi connectivity index (χ0n) is 15.2. The van der Waals surface area contributed by atoms with Crippen molar-refractivity contribution >= 4 is 5.97 Å². The van der Waals surface area contributed by atoms with Crippen LogP contribution in [-0.4, -0.2) is 5.97 Å². The molecule has 0 aromatic heterocycles. The topological polar surface area (TPSA) is 44.8 Å². The summed E-state index contributed by atoms with van der Waals surface area (Å²) in [5.74, 6) is 0.0157. The standard InChI is InChI=1S/C22H18F2O4/c1-15(25)28-22-11-20(26-13-16-2-6-18(23)7-3-16)10-21(12-22)27-14-17-4-8-19(24)9-5-17/h2-12H,13-14H2,1H3. The van der Waals surface area contributed by atoms with Crippen molar-refractivity contribution in [3.63, 3.8) is 0 Å². The molecule has 0 atom stereocenters. The van der Waals surface area contributed by atoms with E-state index in [1.165, 1.54) is 31.2 Å². The van der Waals surface area contributed by atoms with Crippen LogP contribution < -0.4 is 14.2 Å². The number of carbonyl (C=O) groups excluding carboxylic acids is 1. The van der Waals surface area contributed by atoms with E-state index >= 15 is 0 Å². The smallest absolute Gasteiger partial charge is 0.308 e. The van der Waals surface area contributed by atoms with Crippen LogP contribution in [0.15, 0.2) is 66.7 Å². The number of halogens is 2. The number of rotatable bonds is 7. The maximum Gasteiger partial charge on any atom is 0.308 e. The monoisotopic (exact) mass is 384 g/mol. The summed E-state index contributed by atoms with van der Waals surface area (Å²) in [7, 11) is 0. The molecular formula is C22H18F2O4. The predicted molar refractivity (Wildman–Crippen MR) is 99.2 cm³/mol. The molecule has 144 valence electrons. The van der Waals surface area contributed by atoms with Gasteiger partial charge in [-0.15, -0.1) is 0 Å². The molecule has 0 radical (unpaired) electrons. The summed E-state index contributed by atoms with van der Waals surface area (Å²) in [6, 6.07) is 16.7. The minimum atomic E-state index is -0.472. The van der Waals surface area contributed by atoms with Crippen molar-refractivity contribution < 1.29 is 27.8 Å². The van der Waals surface area contributed by atoms with Crippen molar-refractivity contribution in [2.45, 2.75) is 20.1 Å². The molecule has 0 aliphatic heterocycles. The third kappa shape index (κ3) is 5.81. The Balaban J connectivity index is 1.72. The number of esters is 1. The Morgan fingerprint density at radius 2 is 1.11 bits per heavy atom. The minimum Gasteiger partial charge on any atom is -0.489 e. The number of ether oxygens (including phenoxy) is 3. The molecule has 0 spiro atoms. The van der Waals surface area contributed by atoms with E-state index in [4.69, 9.17) is 14.2 Å². The Labute approximate surface area is 161 Å². The van der Waals surface area contributed by atoms with Gasteiger partial charge in [0, 0.05) is 25.1 Å². The molecule has 0 aliphatic rings. The number of carbonyl (C=O) groups is 1. The average molecular weight is 384 g/mol. The first-order valence-electron chi connectivity index (χ1n) is 8.56. The van der Waals surface area contributed by atoms with Gasteiger partial charge >= 0.3 is 5.97 Å². The predicted octanol–water partition coefficient (Wildman–Crippen LogP) is 5.05. The second kappa shape index (κ2) is 8.99. The van der Waals surface area contributed by atoms with Gasteiger partial charge in [0.2, 0.25) is 0 Å². The zero-order valence-corrected chi connectivity index (χ0v) is 15.2. The van der Waals surface area contributed by atoms with Gasteiger partial charge in [0.05, 0.1) is 0 Å². The molecule has 0 N–H and O–H groups in total. The van der Waals surface area contributed by atoms with Crippen LogP contribution in [0.2, 0.25) is 0 Å². The van der Waals surface area contributed by atoms with E-state index in [2.05, 4.69) is 0 Å². The van der Waals surface area contributed by atoms with Crippen LogP contribution in [0.3, 0.4) is 0 Å². The van der Waals surface area contributed by atoms with E-state index < -0.39 is 5.97 Å². The fourth-order valence-corrected chi connectivity index (χ4v) is 2.43. The molecule has 4 nitrogen and oxygen atoms in total. The van der Waals surface area contributed by atoms with Gasteiger partial charge in [0.25, 0.3) is 0 Å². The Bertz CT molecular complexity index is 870. The Hall–Kier alpha value is -3.41. The molecule has 0 unspecified atom stereocenters. The van der Waals surface area contributed by atoms with E-state index in [-0.39, 0.29) is 30.6 Å². The van der Waals surface area contributed by atoms with Crippen molar-refractivity contribution in [3.05, 3.63) is 89.5 Å². The molecule has 0 aliphatic carbocycles. The highest BCUT2D eigenvalue weighted by Crippen LogP contribution is 2.29. The van der Waals surface area contributed by atoms with Gasteiger partial charge < -0.3 is 14.2 Å². The number of benzene rings is 3. The Kier molecular flexibility index (Phi) is 6.22. The fraction of sp³-hybridized carbons (Fsp3) is 0.136. The molecule has 0 saturated carbocycles. The van der Waals surface area contributed by atoms with Gasteiger partial charge in [0.15, 0.2) is 0 Å². The van der Waals surface area contributed by atoms with Crippen LogP contribution in [0.25, 0.3) is 0 Å². The lowest BCUT2D eigenvalue weighted by atomic mass is 10.2. The van der Waals surface area contributed by atoms with Crippen molar-refractivity contribution in [1.29, 1.82) is 0 Å². The van der Waals surface area contributed by atoms with Crippen molar-refractivity contribution in [3.8, 4) is 17.2 Å². The summed E-state index contributed by atoms with van der Waals surface area (Å²) in [4.78, 5) is 11.3. The van der Waals surface area contributed by atoms with E-state index in [1.54, 1.807) is 42.5 Å². The van der Waals surface area contributed by atoms with Crippen LogP contribution in [0.5, 0.6) is 17.2 Å². The molecule has 0 fully saturated rings. The summed E-state index contributed by atoms with van der Waals surface area (Å²) in [6.07, 6.45) is 0. The second-order valence-electron chi connectivity index (χ2n) is 6.06. The first kappa shape index (κ1) is 19.4. The lowest BCUT2D eigenvalue weighted by Crippen LogP contribution is -2.03. The van der Waals surface area contributed by atoms with Crippen LogP contribution in [-0.2, 0) is 18.0 Å². The molecule has 3 aromatic carbocycles. The molecule has 3 aromatic rings. The van der Waals surface area contributed by atoms with E-state index in [0.29, 0.717) is 11.5 Å². The highest BCUT2D eigenvalue weighted by molar-refractivity contribution is 5.69. The van der Waals surface area contributed by atoms with Gasteiger partial charge in [-0.2, -0.15) is 0 Å². The lowest BCUT2D eigenvalue weighted by Gasteiger charge is -2.12. The van der Waals surface area contributed by atoms with Crippen molar-refractivity contribution in [1.82, 2.24) is 0 Å². The molecule has 6 heteroatoms. The van der Waals surface area contributed by atoms with E-state index in [0.717, 1.165) is 11.1 Å². The molecule has 0 bridgehead atoms. The highest BCUT2D eigenvalue weighted by Gasteiger charge is 2.08. The first-order chi connectivity index (χ1) is 13.5. The summed E-state index contributed by atoms with van der Waals surface area (Å²) < 4.78 is 42.6. The largest absolute Gasteiger partial charge is 0.489 e. The van der Waals surface area contributed by atoms with Crippen LogP contribution >= 0.6 is 0 Å². The van der Waals surface area contributed by atoms with E-state index in [1.807, 2.05) is 0 Å². The maximum atomic E-state index is 13.0. The third-order valence-electron chi connectivity index (χ3n) is 3.75. The normalized spacial score (nSPS) is 10.4. The molecule has 0 amide bonds. The Morgan fingerprint density at radius 1 is 0.714 bits per heavy atom. The van der Waals surface area contributed by atoms with Gasteiger partial charge in [-0.05, 0) is 35.4 Å². The van der Waals surface area contributed by atoms with Crippen LogP contribution in [0, 0.1) is 11.6 Å². The van der Waals surface area contributed by atoms with Crippen molar-refractivity contribution in [2.24, 2.45) is 0 Å². The van der Waals surface area contributed by atoms with Crippen LogP contribution in [0.4, 0.5) is 8.78 Å². The number of hydrogen-bond acceptors (Lipinski definition) is 4.